The van der Waals surface area contributed by atoms with Crippen LogP contribution in [-0.4, -0.2) is 24.3 Å². The van der Waals surface area contributed by atoms with Crippen LogP contribution in [0.15, 0.2) is 35.6 Å². The molecule has 110 valence electrons. The van der Waals surface area contributed by atoms with Crippen molar-refractivity contribution in [1.82, 2.24) is 9.97 Å². The van der Waals surface area contributed by atoms with E-state index in [1.807, 2.05) is 0 Å². The number of aromatic nitrogens is 2. The SMILES string of the molecule is Cc1cc(S(=O)(=O)Cl)cc(Cl)c1NC(=O)c1cnccn1. The van der Waals surface area contributed by atoms with Crippen LogP contribution in [0, 0.1) is 6.92 Å². The minimum absolute atomic E-state index is 0.0615. The van der Waals surface area contributed by atoms with Crippen molar-refractivity contribution in [2.24, 2.45) is 0 Å². The van der Waals surface area contributed by atoms with Crippen molar-refractivity contribution in [3.63, 3.8) is 0 Å². The lowest BCUT2D eigenvalue weighted by Crippen LogP contribution is -2.15. The highest BCUT2D eigenvalue weighted by atomic mass is 35.7. The van der Waals surface area contributed by atoms with Crippen molar-refractivity contribution >= 4 is 42.9 Å². The second-order valence-electron chi connectivity index (χ2n) is 4.08. The largest absolute Gasteiger partial charge is 0.319 e. The number of anilines is 1. The van der Waals surface area contributed by atoms with Gasteiger partial charge in [0.15, 0.2) is 0 Å². The van der Waals surface area contributed by atoms with Gasteiger partial charge in [0.2, 0.25) is 0 Å². The molecule has 0 fully saturated rings. The highest BCUT2D eigenvalue weighted by Crippen LogP contribution is 2.30. The number of benzene rings is 1. The molecule has 0 atom stereocenters. The van der Waals surface area contributed by atoms with Crippen LogP contribution in [-0.2, 0) is 9.05 Å². The second-order valence-corrected chi connectivity index (χ2v) is 7.05. The molecule has 0 saturated heterocycles. The van der Waals surface area contributed by atoms with Gasteiger partial charge in [-0.25, -0.2) is 13.4 Å². The summed E-state index contributed by atoms with van der Waals surface area (Å²) >= 11 is 6.00. The Morgan fingerprint density at radius 1 is 1.29 bits per heavy atom. The van der Waals surface area contributed by atoms with Crippen LogP contribution in [0.5, 0.6) is 0 Å². The summed E-state index contributed by atoms with van der Waals surface area (Å²) in [5.41, 5.74) is 0.859. The summed E-state index contributed by atoms with van der Waals surface area (Å²) in [4.78, 5) is 19.5. The number of nitrogens with zero attached hydrogens (tertiary/aromatic N) is 2. The molecule has 0 aliphatic rings. The maximum atomic E-state index is 12.0. The zero-order valence-corrected chi connectivity index (χ0v) is 13.0. The molecule has 9 heteroatoms. The van der Waals surface area contributed by atoms with Gasteiger partial charge in [-0.1, -0.05) is 11.6 Å². The number of carbonyl (C=O) groups is 1. The minimum Gasteiger partial charge on any atom is -0.319 e. The average molecular weight is 346 g/mol. The molecule has 1 N–H and O–H groups in total. The molecule has 21 heavy (non-hydrogen) atoms. The summed E-state index contributed by atoms with van der Waals surface area (Å²) in [7, 11) is 1.37. The van der Waals surface area contributed by atoms with Gasteiger partial charge in [-0.15, -0.1) is 0 Å². The third kappa shape index (κ3) is 3.69. The first-order chi connectivity index (χ1) is 9.79. The predicted molar refractivity (Wildman–Crippen MR) is 79.2 cm³/mol. The molecule has 2 rings (SSSR count). The fourth-order valence-electron chi connectivity index (χ4n) is 1.61. The molecule has 1 aromatic heterocycles. The van der Waals surface area contributed by atoms with E-state index in [2.05, 4.69) is 15.3 Å². The van der Waals surface area contributed by atoms with Crippen LogP contribution >= 0.6 is 22.3 Å². The molecule has 1 amide bonds. The van der Waals surface area contributed by atoms with Crippen LogP contribution < -0.4 is 5.32 Å². The van der Waals surface area contributed by atoms with Gasteiger partial charge < -0.3 is 5.32 Å². The molecule has 0 radical (unpaired) electrons. The fourth-order valence-corrected chi connectivity index (χ4v) is 2.83. The molecule has 1 heterocycles. The fraction of sp³-hybridized carbons (Fsp3) is 0.0833. The second kappa shape index (κ2) is 5.97. The lowest BCUT2D eigenvalue weighted by molar-refractivity contribution is 0.102. The molecule has 1 aromatic carbocycles. The first-order valence-corrected chi connectivity index (χ1v) is 8.30. The van der Waals surface area contributed by atoms with Crippen molar-refractivity contribution in [2.45, 2.75) is 11.8 Å². The van der Waals surface area contributed by atoms with E-state index in [4.69, 9.17) is 22.3 Å². The van der Waals surface area contributed by atoms with E-state index in [1.165, 1.54) is 30.7 Å². The van der Waals surface area contributed by atoms with E-state index >= 15 is 0 Å². The van der Waals surface area contributed by atoms with Gasteiger partial charge in [-0.2, -0.15) is 0 Å². The summed E-state index contributed by atoms with van der Waals surface area (Å²) in [5.74, 6) is -0.505. The molecule has 0 unspecified atom stereocenters. The summed E-state index contributed by atoms with van der Waals surface area (Å²) < 4.78 is 22.6. The summed E-state index contributed by atoms with van der Waals surface area (Å²) in [5, 5.41) is 2.62. The van der Waals surface area contributed by atoms with E-state index in [-0.39, 0.29) is 21.3 Å². The lowest BCUT2D eigenvalue weighted by atomic mass is 10.2. The highest BCUT2D eigenvalue weighted by Gasteiger charge is 2.17. The number of halogens is 2. The molecule has 6 nitrogen and oxygen atoms in total. The van der Waals surface area contributed by atoms with Gasteiger partial charge in [0.25, 0.3) is 15.0 Å². The standard InChI is InChI=1S/C12H9Cl2N3O3S/c1-7-4-8(21(14,19)20)5-9(13)11(7)17-12(18)10-6-15-2-3-16-10/h2-6H,1H3,(H,17,18). The van der Waals surface area contributed by atoms with Gasteiger partial charge in [0.05, 0.1) is 21.8 Å². The van der Waals surface area contributed by atoms with Crippen molar-refractivity contribution in [3.8, 4) is 0 Å². The zero-order valence-electron chi connectivity index (χ0n) is 10.7. The Labute approximate surface area is 130 Å². The molecular formula is C12H9Cl2N3O3S. The van der Waals surface area contributed by atoms with Gasteiger partial charge >= 0.3 is 0 Å². The summed E-state index contributed by atoms with van der Waals surface area (Å²) in [6.45, 7) is 1.60. The lowest BCUT2D eigenvalue weighted by Gasteiger charge is -2.11. The van der Waals surface area contributed by atoms with Crippen molar-refractivity contribution < 1.29 is 13.2 Å². The van der Waals surface area contributed by atoms with E-state index < -0.39 is 15.0 Å². The maximum Gasteiger partial charge on any atom is 0.275 e. The van der Waals surface area contributed by atoms with Crippen molar-refractivity contribution in [2.75, 3.05) is 5.32 Å². The number of rotatable bonds is 3. The molecule has 0 spiro atoms. The van der Waals surface area contributed by atoms with E-state index in [0.29, 0.717) is 5.56 Å². The van der Waals surface area contributed by atoms with Gasteiger partial charge in [0.1, 0.15) is 5.69 Å². The maximum absolute atomic E-state index is 12.0. The average Bonchev–Trinajstić information content (AvgIpc) is 2.42. The van der Waals surface area contributed by atoms with Gasteiger partial charge in [0, 0.05) is 23.1 Å². The van der Waals surface area contributed by atoms with Crippen LogP contribution in [0.3, 0.4) is 0 Å². The minimum atomic E-state index is -3.89. The van der Waals surface area contributed by atoms with Crippen LogP contribution in [0.2, 0.25) is 5.02 Å². The molecule has 0 saturated carbocycles. The topological polar surface area (TPSA) is 89.0 Å². The van der Waals surface area contributed by atoms with Crippen molar-refractivity contribution in [3.05, 3.63) is 47.0 Å². The molecule has 2 aromatic rings. The Balaban J connectivity index is 2.36. The quantitative estimate of drug-likeness (QED) is 0.863. The van der Waals surface area contributed by atoms with Crippen LogP contribution in [0.25, 0.3) is 0 Å². The number of aryl methyl sites for hydroxylation is 1. The number of amides is 1. The Morgan fingerprint density at radius 3 is 2.52 bits per heavy atom. The Hall–Kier alpha value is -1.70. The number of hydrogen-bond donors (Lipinski definition) is 1. The molecule has 0 aliphatic heterocycles. The van der Waals surface area contributed by atoms with Gasteiger partial charge in [-0.3, -0.25) is 9.78 Å². The molecular weight excluding hydrogens is 337 g/mol. The monoisotopic (exact) mass is 345 g/mol. The molecule has 0 aliphatic carbocycles. The van der Waals surface area contributed by atoms with Crippen LogP contribution in [0.1, 0.15) is 16.1 Å². The van der Waals surface area contributed by atoms with E-state index in [0.717, 1.165) is 0 Å². The number of nitrogens with one attached hydrogen (secondary N) is 1. The number of carbonyl (C=O) groups excluding carboxylic acids is 1. The van der Waals surface area contributed by atoms with E-state index in [1.54, 1.807) is 6.92 Å². The smallest absolute Gasteiger partial charge is 0.275 e. The third-order valence-electron chi connectivity index (χ3n) is 2.58. The third-order valence-corrected chi connectivity index (χ3v) is 4.21. The number of hydrogen-bond acceptors (Lipinski definition) is 5. The van der Waals surface area contributed by atoms with Crippen LogP contribution in [0.4, 0.5) is 5.69 Å². The Kier molecular flexibility index (Phi) is 4.46. The Morgan fingerprint density at radius 2 is 2.00 bits per heavy atom. The summed E-state index contributed by atoms with van der Waals surface area (Å²) in [6.07, 6.45) is 4.12. The summed E-state index contributed by atoms with van der Waals surface area (Å²) in [6, 6.07) is 2.49. The first kappa shape index (κ1) is 15.7. The highest BCUT2D eigenvalue weighted by molar-refractivity contribution is 8.13. The molecule has 0 bridgehead atoms. The zero-order chi connectivity index (χ0) is 15.6. The van der Waals surface area contributed by atoms with Crippen molar-refractivity contribution in [1.29, 1.82) is 0 Å². The normalized spacial score (nSPS) is 11.2. The van der Waals surface area contributed by atoms with Gasteiger partial charge in [-0.05, 0) is 24.6 Å². The predicted octanol–water partition coefficient (Wildman–Crippen LogP) is 2.62. The Bertz CT molecular complexity index is 772. The van der Waals surface area contributed by atoms with E-state index in [9.17, 15) is 13.2 Å². The first-order valence-electron chi connectivity index (χ1n) is 5.61.